The number of ether oxygens (including phenoxy) is 2. The van der Waals surface area contributed by atoms with Crippen molar-refractivity contribution in [2.45, 2.75) is 26.7 Å². The molecule has 166 valence electrons. The molecule has 1 fully saturated rings. The molecule has 0 unspecified atom stereocenters. The summed E-state index contributed by atoms with van der Waals surface area (Å²) in [5, 5.41) is 7.55. The van der Waals surface area contributed by atoms with Crippen LogP contribution in [-0.2, 0) is 4.79 Å². The fourth-order valence-electron chi connectivity index (χ4n) is 4.25. The average Bonchev–Trinajstić information content (AvgIpc) is 3.17. The third-order valence-electron chi connectivity index (χ3n) is 5.79. The van der Waals surface area contributed by atoms with Crippen molar-refractivity contribution in [1.29, 1.82) is 0 Å². The lowest BCUT2D eigenvalue weighted by Gasteiger charge is -2.33. The molecule has 1 N–H and O–H groups in total. The number of fused-ring (bicyclic) bond motifs is 1. The number of aromatic nitrogens is 4. The molecule has 0 bridgehead atoms. The van der Waals surface area contributed by atoms with Crippen molar-refractivity contribution in [3.63, 3.8) is 0 Å². The van der Waals surface area contributed by atoms with E-state index in [1.165, 1.54) is 0 Å². The number of carbonyl (C=O) groups excluding carboxylic acids is 1. The minimum Gasteiger partial charge on any atom is -0.486 e. The highest BCUT2D eigenvalue weighted by Crippen LogP contribution is 2.33. The highest BCUT2D eigenvalue weighted by Gasteiger charge is 2.27. The molecule has 1 saturated heterocycles. The summed E-state index contributed by atoms with van der Waals surface area (Å²) in [6.07, 6.45) is 3.31. The van der Waals surface area contributed by atoms with Crippen LogP contribution in [0.1, 0.15) is 24.2 Å². The lowest BCUT2D eigenvalue weighted by atomic mass is 9.97. The van der Waals surface area contributed by atoms with E-state index in [1.54, 1.807) is 6.33 Å². The first-order valence-corrected chi connectivity index (χ1v) is 10.9. The molecule has 2 aliphatic heterocycles. The molecular formula is C23H26N6O3. The molecule has 0 spiro atoms. The Morgan fingerprint density at radius 1 is 1.06 bits per heavy atom. The van der Waals surface area contributed by atoms with E-state index in [1.807, 2.05) is 48.9 Å². The third kappa shape index (κ3) is 4.10. The van der Waals surface area contributed by atoms with Gasteiger partial charge in [-0.05, 0) is 44.9 Å². The molecule has 1 atom stereocenters. The van der Waals surface area contributed by atoms with Crippen molar-refractivity contribution in [1.82, 2.24) is 19.7 Å². The van der Waals surface area contributed by atoms with Crippen LogP contribution in [0.2, 0.25) is 0 Å². The molecule has 32 heavy (non-hydrogen) atoms. The standard InChI is InChI=1S/C23H26N6O3/c1-15-10-16(2)29(27-15)22-12-21(24-14-25-22)28-7-3-4-17(13-28)23(30)26-18-5-6-19-20(11-18)32-9-8-31-19/h5-6,10-12,14,17H,3-4,7-9,13H2,1-2H3,(H,26,30)/t17-/m0/s1. The SMILES string of the molecule is Cc1cc(C)n(-c2cc(N3CCC[C@H](C(=O)Nc4ccc5c(c4)OCCO5)C3)ncn2)n1. The van der Waals surface area contributed by atoms with Crippen LogP contribution in [0.15, 0.2) is 36.7 Å². The highest BCUT2D eigenvalue weighted by atomic mass is 16.6. The van der Waals surface area contributed by atoms with E-state index >= 15 is 0 Å². The van der Waals surface area contributed by atoms with E-state index in [9.17, 15) is 4.79 Å². The van der Waals surface area contributed by atoms with Gasteiger partial charge >= 0.3 is 0 Å². The number of nitrogens with zero attached hydrogens (tertiary/aromatic N) is 5. The molecule has 3 aromatic rings. The van der Waals surface area contributed by atoms with Crippen molar-refractivity contribution in [2.24, 2.45) is 5.92 Å². The normalized spacial score (nSPS) is 17.8. The largest absolute Gasteiger partial charge is 0.486 e. The molecule has 2 aromatic heterocycles. The van der Waals surface area contributed by atoms with E-state index in [-0.39, 0.29) is 11.8 Å². The summed E-state index contributed by atoms with van der Waals surface area (Å²) >= 11 is 0. The maximum Gasteiger partial charge on any atom is 0.229 e. The van der Waals surface area contributed by atoms with Crippen molar-refractivity contribution < 1.29 is 14.3 Å². The van der Waals surface area contributed by atoms with Gasteiger partial charge in [0.05, 0.1) is 11.6 Å². The number of benzene rings is 1. The van der Waals surface area contributed by atoms with Gasteiger partial charge < -0.3 is 19.7 Å². The Bertz CT molecular complexity index is 1140. The molecule has 2 aliphatic rings. The van der Waals surface area contributed by atoms with Gasteiger partial charge in [-0.15, -0.1) is 0 Å². The second kappa shape index (κ2) is 8.49. The highest BCUT2D eigenvalue weighted by molar-refractivity contribution is 5.93. The summed E-state index contributed by atoms with van der Waals surface area (Å²) in [7, 11) is 0. The lowest BCUT2D eigenvalue weighted by Crippen LogP contribution is -2.41. The van der Waals surface area contributed by atoms with Crippen molar-refractivity contribution in [2.75, 3.05) is 36.5 Å². The van der Waals surface area contributed by atoms with Crippen LogP contribution in [0.4, 0.5) is 11.5 Å². The summed E-state index contributed by atoms with van der Waals surface area (Å²) in [5.41, 5.74) is 2.67. The Morgan fingerprint density at radius 3 is 2.69 bits per heavy atom. The van der Waals surface area contributed by atoms with Gasteiger partial charge in [0, 0.05) is 36.6 Å². The van der Waals surface area contributed by atoms with E-state index < -0.39 is 0 Å². The van der Waals surface area contributed by atoms with E-state index in [4.69, 9.17) is 9.47 Å². The molecular weight excluding hydrogens is 408 g/mol. The minimum absolute atomic E-state index is 0.000738. The molecule has 0 saturated carbocycles. The number of hydrogen-bond donors (Lipinski definition) is 1. The monoisotopic (exact) mass is 434 g/mol. The maximum absolute atomic E-state index is 13.0. The van der Waals surface area contributed by atoms with Crippen molar-refractivity contribution in [3.05, 3.63) is 48.0 Å². The molecule has 9 nitrogen and oxygen atoms in total. The summed E-state index contributed by atoms with van der Waals surface area (Å²) in [6, 6.07) is 9.44. The van der Waals surface area contributed by atoms with E-state index in [0.717, 1.165) is 42.4 Å². The van der Waals surface area contributed by atoms with Crippen LogP contribution in [0.25, 0.3) is 5.82 Å². The number of piperidine rings is 1. The molecule has 1 amide bonds. The molecule has 1 aromatic carbocycles. The van der Waals surface area contributed by atoms with Gasteiger partial charge in [-0.25, -0.2) is 14.6 Å². The zero-order valence-electron chi connectivity index (χ0n) is 18.2. The van der Waals surface area contributed by atoms with E-state index in [2.05, 4.69) is 25.3 Å². The second-order valence-corrected chi connectivity index (χ2v) is 8.21. The zero-order valence-corrected chi connectivity index (χ0v) is 18.2. The van der Waals surface area contributed by atoms with Crippen molar-refractivity contribution in [3.8, 4) is 17.3 Å². The zero-order chi connectivity index (χ0) is 22.1. The first kappa shape index (κ1) is 20.3. The minimum atomic E-state index is -0.135. The van der Waals surface area contributed by atoms with Gasteiger partial charge in [-0.2, -0.15) is 5.10 Å². The van der Waals surface area contributed by atoms with Crippen LogP contribution < -0.4 is 19.7 Å². The Hall–Kier alpha value is -3.62. The number of hydrogen-bond acceptors (Lipinski definition) is 7. The number of nitrogens with one attached hydrogen (secondary N) is 1. The molecule has 4 heterocycles. The maximum atomic E-state index is 13.0. The second-order valence-electron chi connectivity index (χ2n) is 8.21. The number of carbonyl (C=O) groups is 1. The van der Waals surface area contributed by atoms with Crippen LogP contribution in [0.3, 0.4) is 0 Å². The van der Waals surface area contributed by atoms with Gasteiger partial charge in [0.1, 0.15) is 25.4 Å². The molecule has 0 radical (unpaired) electrons. The van der Waals surface area contributed by atoms with Crippen LogP contribution >= 0.6 is 0 Å². The predicted octanol–water partition coefficient (Wildman–Crippen LogP) is 2.91. The van der Waals surface area contributed by atoms with Gasteiger partial charge in [-0.3, -0.25) is 4.79 Å². The Labute approximate surface area is 186 Å². The molecule has 5 rings (SSSR count). The summed E-state index contributed by atoms with van der Waals surface area (Å²) < 4.78 is 13.0. The van der Waals surface area contributed by atoms with Crippen LogP contribution in [-0.4, -0.2) is 52.0 Å². The number of rotatable bonds is 4. The topological polar surface area (TPSA) is 94.4 Å². The number of aryl methyl sites for hydroxylation is 2. The summed E-state index contributed by atoms with van der Waals surface area (Å²) in [6.45, 7) is 6.47. The van der Waals surface area contributed by atoms with Gasteiger partial charge in [-0.1, -0.05) is 0 Å². The number of anilines is 2. The van der Waals surface area contributed by atoms with Crippen molar-refractivity contribution >= 4 is 17.4 Å². The third-order valence-corrected chi connectivity index (χ3v) is 5.79. The van der Waals surface area contributed by atoms with Crippen LogP contribution in [0, 0.1) is 19.8 Å². The summed E-state index contributed by atoms with van der Waals surface area (Å²) in [5.74, 6) is 2.77. The fourth-order valence-corrected chi connectivity index (χ4v) is 4.25. The van der Waals surface area contributed by atoms with Gasteiger partial charge in [0.2, 0.25) is 5.91 Å². The first-order valence-electron chi connectivity index (χ1n) is 10.9. The lowest BCUT2D eigenvalue weighted by molar-refractivity contribution is -0.120. The fraction of sp³-hybridized carbons (Fsp3) is 0.391. The quantitative estimate of drug-likeness (QED) is 0.675. The number of amides is 1. The van der Waals surface area contributed by atoms with Crippen LogP contribution in [0.5, 0.6) is 11.5 Å². The molecule has 0 aliphatic carbocycles. The average molecular weight is 435 g/mol. The Morgan fingerprint density at radius 2 is 1.88 bits per heavy atom. The molecule has 9 heteroatoms. The smallest absolute Gasteiger partial charge is 0.229 e. The van der Waals surface area contributed by atoms with E-state index in [0.29, 0.717) is 36.9 Å². The Balaban J connectivity index is 1.29. The summed E-state index contributed by atoms with van der Waals surface area (Å²) in [4.78, 5) is 24.0. The van der Waals surface area contributed by atoms with Gasteiger partial charge in [0.15, 0.2) is 17.3 Å². The van der Waals surface area contributed by atoms with Gasteiger partial charge in [0.25, 0.3) is 0 Å². The predicted molar refractivity (Wildman–Crippen MR) is 120 cm³/mol. The first-order chi connectivity index (χ1) is 15.6. The Kier molecular flexibility index (Phi) is 5.38.